The van der Waals surface area contributed by atoms with Crippen LogP contribution in [0.1, 0.15) is 27.5 Å². The zero-order valence-electron chi connectivity index (χ0n) is 10.9. The van der Waals surface area contributed by atoms with Gasteiger partial charge in [-0.1, -0.05) is 5.16 Å². The second kappa shape index (κ2) is 5.38. The number of hydrazine groups is 1. The molecule has 2 aromatic heterocycles. The average molecular weight is 301 g/mol. The molecule has 2 aromatic rings. The van der Waals surface area contributed by atoms with E-state index in [9.17, 15) is 18.0 Å². The molecule has 0 aliphatic carbocycles. The van der Waals surface area contributed by atoms with Gasteiger partial charge in [-0.15, -0.1) is 0 Å². The molecule has 7 nitrogen and oxygen atoms in total. The van der Waals surface area contributed by atoms with Crippen LogP contribution in [-0.2, 0) is 6.18 Å². The molecule has 2 heterocycles. The lowest BCUT2D eigenvalue weighted by Gasteiger charge is -2.09. The minimum Gasteiger partial charge on any atom is -0.361 e. The van der Waals surface area contributed by atoms with Crippen LogP contribution in [0.15, 0.2) is 16.8 Å². The molecule has 112 valence electrons. The Hall–Kier alpha value is -2.65. The van der Waals surface area contributed by atoms with Gasteiger partial charge >= 0.3 is 6.18 Å². The minimum absolute atomic E-state index is 0.189. The van der Waals surface area contributed by atoms with Crippen molar-refractivity contribution >= 4 is 11.9 Å². The maximum atomic E-state index is 12.5. The molecule has 2 N–H and O–H groups in total. The Bertz CT molecular complexity index is 649. The van der Waals surface area contributed by atoms with Gasteiger partial charge in [0.05, 0.1) is 5.69 Å². The van der Waals surface area contributed by atoms with Gasteiger partial charge in [0.1, 0.15) is 17.0 Å². The first kappa shape index (κ1) is 14.8. The molecule has 0 aliphatic rings. The van der Waals surface area contributed by atoms with Crippen molar-refractivity contribution in [1.29, 1.82) is 0 Å². The van der Waals surface area contributed by atoms with Crippen molar-refractivity contribution in [3.8, 4) is 0 Å². The van der Waals surface area contributed by atoms with Crippen molar-refractivity contribution in [1.82, 2.24) is 20.6 Å². The lowest BCUT2D eigenvalue weighted by molar-refractivity contribution is -0.141. The molecule has 0 fully saturated rings. The van der Waals surface area contributed by atoms with Crippen LogP contribution in [0.4, 0.5) is 19.1 Å². The second-order valence-electron chi connectivity index (χ2n) is 4.04. The van der Waals surface area contributed by atoms with Gasteiger partial charge in [0, 0.05) is 6.20 Å². The fourth-order valence-electron chi connectivity index (χ4n) is 1.56. The van der Waals surface area contributed by atoms with Gasteiger partial charge in [0.25, 0.3) is 5.91 Å². The molecule has 0 atom stereocenters. The first-order valence-corrected chi connectivity index (χ1v) is 5.68. The topological polar surface area (TPSA) is 92.9 Å². The molecule has 0 unspecified atom stereocenters. The lowest BCUT2D eigenvalue weighted by Crippen LogP contribution is -2.31. The van der Waals surface area contributed by atoms with E-state index in [1.54, 1.807) is 6.92 Å². The van der Waals surface area contributed by atoms with Gasteiger partial charge < -0.3 is 4.52 Å². The van der Waals surface area contributed by atoms with Gasteiger partial charge in [-0.2, -0.15) is 13.2 Å². The summed E-state index contributed by atoms with van der Waals surface area (Å²) in [5, 5.41) is 3.60. The molecule has 0 radical (unpaired) electrons. The van der Waals surface area contributed by atoms with Crippen LogP contribution < -0.4 is 10.9 Å². The number of anilines is 1. The third kappa shape index (κ3) is 3.27. The van der Waals surface area contributed by atoms with Crippen molar-refractivity contribution in [2.24, 2.45) is 0 Å². The summed E-state index contributed by atoms with van der Waals surface area (Å²) in [7, 11) is 0. The summed E-state index contributed by atoms with van der Waals surface area (Å²) in [6.45, 7) is 3.10. The number of hydrogen-bond acceptors (Lipinski definition) is 6. The number of alkyl halides is 3. The molecule has 0 aromatic carbocycles. The molecule has 10 heteroatoms. The number of nitrogens with one attached hydrogen (secondary N) is 2. The predicted octanol–water partition coefficient (Wildman–Crippen LogP) is 1.86. The maximum Gasteiger partial charge on any atom is 0.433 e. The zero-order valence-corrected chi connectivity index (χ0v) is 10.9. The molecule has 1 amide bonds. The van der Waals surface area contributed by atoms with Gasteiger partial charge in [-0.05, 0) is 19.9 Å². The number of hydrogen-bond donors (Lipinski definition) is 2. The Morgan fingerprint density at radius 3 is 2.62 bits per heavy atom. The molecular weight excluding hydrogens is 291 g/mol. The highest BCUT2D eigenvalue weighted by molar-refractivity contribution is 5.96. The van der Waals surface area contributed by atoms with E-state index in [0.717, 1.165) is 12.3 Å². The molecule has 0 saturated carbocycles. The van der Waals surface area contributed by atoms with E-state index in [0.29, 0.717) is 5.69 Å². The fraction of sp³-hybridized carbons (Fsp3) is 0.273. The first-order valence-electron chi connectivity index (χ1n) is 5.68. The Kier molecular flexibility index (Phi) is 3.78. The van der Waals surface area contributed by atoms with Crippen LogP contribution in [0.25, 0.3) is 0 Å². The quantitative estimate of drug-likeness (QED) is 0.841. The summed E-state index contributed by atoms with van der Waals surface area (Å²) in [4.78, 5) is 18.7. The van der Waals surface area contributed by atoms with E-state index in [1.165, 1.54) is 6.92 Å². The highest BCUT2D eigenvalue weighted by Gasteiger charge is 2.32. The van der Waals surface area contributed by atoms with Crippen LogP contribution in [0.5, 0.6) is 0 Å². The Morgan fingerprint density at radius 2 is 2.05 bits per heavy atom. The third-order valence-electron chi connectivity index (χ3n) is 2.49. The molecular formula is C11H10F3N5O2. The summed E-state index contributed by atoms with van der Waals surface area (Å²) in [5.41, 5.74) is 3.82. The number of nitrogens with zero attached hydrogens (tertiary/aromatic N) is 3. The number of aryl methyl sites for hydroxylation is 2. The summed E-state index contributed by atoms with van der Waals surface area (Å²) in [6, 6.07) is 0.724. The summed E-state index contributed by atoms with van der Waals surface area (Å²) in [5.74, 6) is -0.714. The number of amides is 1. The predicted molar refractivity (Wildman–Crippen MR) is 64.1 cm³/mol. The van der Waals surface area contributed by atoms with Crippen LogP contribution in [0.3, 0.4) is 0 Å². The number of rotatable bonds is 3. The Morgan fingerprint density at radius 1 is 1.33 bits per heavy atom. The monoisotopic (exact) mass is 301 g/mol. The number of carbonyl (C=O) groups is 1. The number of carbonyl (C=O) groups excluding carboxylic acids is 1. The highest BCUT2D eigenvalue weighted by Crippen LogP contribution is 2.27. The van der Waals surface area contributed by atoms with Crippen LogP contribution >= 0.6 is 0 Å². The molecule has 2 rings (SSSR count). The van der Waals surface area contributed by atoms with E-state index in [1.807, 2.05) is 0 Å². The van der Waals surface area contributed by atoms with E-state index in [-0.39, 0.29) is 17.3 Å². The van der Waals surface area contributed by atoms with Crippen molar-refractivity contribution < 1.29 is 22.5 Å². The van der Waals surface area contributed by atoms with Crippen LogP contribution in [0.2, 0.25) is 0 Å². The van der Waals surface area contributed by atoms with Gasteiger partial charge in [-0.3, -0.25) is 15.6 Å². The highest BCUT2D eigenvalue weighted by atomic mass is 19.4. The standard InChI is InChI=1S/C11H10F3N5O2/c1-5-8(6(2)21-19-5)9(20)17-18-10-15-4-3-7(16-10)11(12,13)14/h3-4H,1-2H3,(H,17,20)(H,15,16,18). The molecule has 0 aliphatic heterocycles. The van der Waals surface area contributed by atoms with Crippen molar-refractivity contribution in [2.75, 3.05) is 5.43 Å². The van der Waals surface area contributed by atoms with Gasteiger partial charge in [-0.25, -0.2) is 9.97 Å². The first-order chi connectivity index (χ1) is 9.79. The largest absolute Gasteiger partial charge is 0.433 e. The van der Waals surface area contributed by atoms with Crippen LogP contribution in [0, 0.1) is 13.8 Å². The third-order valence-corrected chi connectivity index (χ3v) is 2.49. The molecule has 0 bridgehead atoms. The molecule has 0 spiro atoms. The smallest absolute Gasteiger partial charge is 0.361 e. The van der Waals surface area contributed by atoms with E-state index in [4.69, 9.17) is 4.52 Å². The fourth-order valence-corrected chi connectivity index (χ4v) is 1.56. The van der Waals surface area contributed by atoms with Crippen molar-refractivity contribution in [3.63, 3.8) is 0 Å². The summed E-state index contributed by atoms with van der Waals surface area (Å²) in [6.07, 6.45) is -3.66. The van der Waals surface area contributed by atoms with Crippen molar-refractivity contribution in [3.05, 3.63) is 35.0 Å². The van der Waals surface area contributed by atoms with E-state index >= 15 is 0 Å². The molecule has 0 saturated heterocycles. The summed E-state index contributed by atoms with van der Waals surface area (Å²) < 4.78 is 42.2. The minimum atomic E-state index is -4.59. The maximum absolute atomic E-state index is 12.5. The SMILES string of the molecule is Cc1noc(C)c1C(=O)NNc1nccc(C(F)(F)F)n1. The Labute approximate surface area is 116 Å². The van der Waals surface area contributed by atoms with Crippen LogP contribution in [-0.4, -0.2) is 21.0 Å². The number of halogens is 3. The zero-order chi connectivity index (χ0) is 15.6. The van der Waals surface area contributed by atoms with Gasteiger partial charge in [0.2, 0.25) is 5.95 Å². The lowest BCUT2D eigenvalue weighted by atomic mass is 10.2. The van der Waals surface area contributed by atoms with E-state index in [2.05, 4.69) is 26.0 Å². The molecule has 21 heavy (non-hydrogen) atoms. The van der Waals surface area contributed by atoms with E-state index < -0.39 is 17.8 Å². The normalized spacial score (nSPS) is 11.3. The van der Waals surface area contributed by atoms with Crippen molar-refractivity contribution in [2.45, 2.75) is 20.0 Å². The second-order valence-corrected chi connectivity index (χ2v) is 4.04. The summed E-state index contributed by atoms with van der Waals surface area (Å²) >= 11 is 0. The average Bonchev–Trinajstić information content (AvgIpc) is 2.75. The Balaban J connectivity index is 2.09. The number of aromatic nitrogens is 3. The van der Waals surface area contributed by atoms with Gasteiger partial charge in [0.15, 0.2) is 0 Å².